The summed E-state index contributed by atoms with van der Waals surface area (Å²) in [7, 11) is 0. The number of urea groups is 1. The second-order valence-electron chi connectivity index (χ2n) is 3.99. The van der Waals surface area contributed by atoms with Crippen LogP contribution in [0, 0.1) is 5.92 Å². The van der Waals surface area contributed by atoms with E-state index in [1.165, 1.54) is 0 Å². The third kappa shape index (κ3) is 3.49. The van der Waals surface area contributed by atoms with Crippen LogP contribution in [0.2, 0.25) is 0 Å². The molecule has 80 valence electrons. The fourth-order valence-corrected chi connectivity index (χ4v) is 1.55. The highest BCUT2D eigenvalue weighted by Gasteiger charge is 2.34. The van der Waals surface area contributed by atoms with Crippen molar-refractivity contribution in [2.45, 2.75) is 38.8 Å². The van der Waals surface area contributed by atoms with Gasteiger partial charge in [0.1, 0.15) is 0 Å². The number of nitrogens with one attached hydrogen (secondary N) is 2. The summed E-state index contributed by atoms with van der Waals surface area (Å²) in [6.07, 6.45) is 2.20. The third-order valence-corrected chi connectivity index (χ3v) is 2.36. The van der Waals surface area contributed by atoms with E-state index >= 15 is 0 Å². The first kappa shape index (κ1) is 11.2. The Bertz CT molecular complexity index is 238. The van der Waals surface area contributed by atoms with Gasteiger partial charge in [0.05, 0.1) is 11.0 Å². The van der Waals surface area contributed by atoms with Crippen LogP contribution < -0.4 is 16.4 Å². The lowest BCUT2D eigenvalue weighted by Crippen LogP contribution is -2.50. The van der Waals surface area contributed by atoms with Crippen molar-refractivity contribution in [2.24, 2.45) is 11.7 Å². The van der Waals surface area contributed by atoms with Crippen LogP contribution in [0.1, 0.15) is 26.7 Å². The summed E-state index contributed by atoms with van der Waals surface area (Å²) < 4.78 is 0. The molecule has 0 bridgehead atoms. The Kier molecular flexibility index (Phi) is 3.69. The van der Waals surface area contributed by atoms with E-state index in [4.69, 9.17) is 18.0 Å². The summed E-state index contributed by atoms with van der Waals surface area (Å²) in [5.74, 6) is 0.449. The average Bonchev–Trinajstić information content (AvgIpc) is 2.80. The maximum atomic E-state index is 11.4. The highest BCUT2D eigenvalue weighted by Crippen LogP contribution is 2.32. The van der Waals surface area contributed by atoms with E-state index in [9.17, 15) is 4.79 Å². The molecule has 1 unspecified atom stereocenters. The molecular weight excluding hydrogens is 198 g/mol. The van der Waals surface area contributed by atoms with E-state index in [0.717, 1.165) is 12.8 Å². The van der Waals surface area contributed by atoms with Crippen LogP contribution in [0.5, 0.6) is 0 Å². The number of rotatable bonds is 4. The highest BCUT2D eigenvalue weighted by molar-refractivity contribution is 7.80. The molecule has 1 fully saturated rings. The van der Waals surface area contributed by atoms with Gasteiger partial charge in [-0.15, -0.1) is 0 Å². The van der Waals surface area contributed by atoms with E-state index < -0.39 is 0 Å². The summed E-state index contributed by atoms with van der Waals surface area (Å²) >= 11 is 4.90. The number of hydrogen-bond acceptors (Lipinski definition) is 2. The van der Waals surface area contributed by atoms with Crippen LogP contribution in [0.15, 0.2) is 0 Å². The van der Waals surface area contributed by atoms with Crippen molar-refractivity contribution in [3.8, 4) is 0 Å². The van der Waals surface area contributed by atoms with Gasteiger partial charge in [-0.3, -0.25) is 0 Å². The van der Waals surface area contributed by atoms with Crippen LogP contribution in [-0.2, 0) is 0 Å². The third-order valence-electron chi connectivity index (χ3n) is 2.11. The van der Waals surface area contributed by atoms with Crippen molar-refractivity contribution in [1.29, 1.82) is 0 Å². The number of carbonyl (C=O) groups is 1. The Morgan fingerprint density at radius 1 is 1.43 bits per heavy atom. The molecule has 4 nitrogen and oxygen atoms in total. The van der Waals surface area contributed by atoms with Crippen LogP contribution >= 0.6 is 12.2 Å². The van der Waals surface area contributed by atoms with Gasteiger partial charge in [0.25, 0.3) is 0 Å². The Morgan fingerprint density at radius 3 is 2.36 bits per heavy atom. The van der Waals surface area contributed by atoms with Crippen molar-refractivity contribution in [1.82, 2.24) is 10.6 Å². The largest absolute Gasteiger partial charge is 0.392 e. The Hall–Kier alpha value is -0.840. The van der Waals surface area contributed by atoms with Gasteiger partial charge in [-0.05, 0) is 32.6 Å². The lowest BCUT2D eigenvalue weighted by atomic mass is 10.2. The SMILES string of the molecule is CC(C)NC(=O)NC(C(N)=S)C1CC1. The van der Waals surface area contributed by atoms with Crippen molar-refractivity contribution in [3.05, 3.63) is 0 Å². The van der Waals surface area contributed by atoms with Crippen LogP contribution in [0.25, 0.3) is 0 Å². The molecule has 0 aromatic carbocycles. The van der Waals surface area contributed by atoms with Crippen LogP contribution in [-0.4, -0.2) is 23.1 Å². The fraction of sp³-hybridized carbons (Fsp3) is 0.778. The van der Waals surface area contributed by atoms with Gasteiger partial charge < -0.3 is 16.4 Å². The highest BCUT2D eigenvalue weighted by atomic mass is 32.1. The lowest BCUT2D eigenvalue weighted by molar-refractivity contribution is 0.236. The molecule has 14 heavy (non-hydrogen) atoms. The molecule has 5 heteroatoms. The molecule has 0 heterocycles. The number of thiocarbonyl (C=S) groups is 1. The van der Waals surface area contributed by atoms with Gasteiger partial charge in [-0.2, -0.15) is 0 Å². The van der Waals surface area contributed by atoms with Crippen molar-refractivity contribution in [2.75, 3.05) is 0 Å². The first-order valence-corrected chi connectivity index (χ1v) is 5.28. The molecule has 0 aromatic rings. The molecule has 0 spiro atoms. The number of amides is 2. The zero-order valence-electron chi connectivity index (χ0n) is 8.54. The van der Waals surface area contributed by atoms with Gasteiger partial charge in [0, 0.05) is 6.04 Å². The summed E-state index contributed by atoms with van der Waals surface area (Å²) in [6, 6.07) is -0.199. The van der Waals surface area contributed by atoms with E-state index in [1.54, 1.807) is 0 Å². The second kappa shape index (κ2) is 4.59. The van der Waals surface area contributed by atoms with Crippen molar-refractivity contribution < 1.29 is 4.79 Å². The zero-order valence-corrected chi connectivity index (χ0v) is 9.36. The van der Waals surface area contributed by atoms with Crippen molar-refractivity contribution >= 4 is 23.2 Å². The minimum Gasteiger partial charge on any atom is -0.392 e. The van der Waals surface area contributed by atoms with Gasteiger partial charge in [-0.1, -0.05) is 12.2 Å². The number of carbonyl (C=O) groups excluding carboxylic acids is 1. The van der Waals surface area contributed by atoms with Crippen LogP contribution in [0.4, 0.5) is 4.79 Å². The molecule has 0 aromatic heterocycles. The lowest BCUT2D eigenvalue weighted by Gasteiger charge is -2.18. The predicted molar refractivity (Wildman–Crippen MR) is 60.1 cm³/mol. The minimum atomic E-state index is -0.190. The van der Waals surface area contributed by atoms with Gasteiger partial charge >= 0.3 is 6.03 Å². The van der Waals surface area contributed by atoms with Gasteiger partial charge in [-0.25, -0.2) is 4.79 Å². The molecule has 2 amide bonds. The summed E-state index contributed by atoms with van der Waals surface area (Å²) in [5, 5.41) is 5.54. The van der Waals surface area contributed by atoms with Crippen molar-refractivity contribution in [3.63, 3.8) is 0 Å². The van der Waals surface area contributed by atoms with E-state index in [2.05, 4.69) is 10.6 Å². The summed E-state index contributed by atoms with van der Waals surface area (Å²) in [5.41, 5.74) is 5.55. The predicted octanol–water partition coefficient (Wildman–Crippen LogP) is 0.759. The quantitative estimate of drug-likeness (QED) is 0.606. The first-order valence-electron chi connectivity index (χ1n) is 4.87. The summed E-state index contributed by atoms with van der Waals surface area (Å²) in [4.78, 5) is 11.7. The summed E-state index contributed by atoms with van der Waals surface area (Å²) in [6.45, 7) is 3.82. The first-order chi connectivity index (χ1) is 6.50. The molecule has 0 aliphatic heterocycles. The maximum Gasteiger partial charge on any atom is 0.315 e. The molecule has 0 radical (unpaired) electrons. The van der Waals surface area contributed by atoms with E-state index in [1.807, 2.05) is 13.8 Å². The van der Waals surface area contributed by atoms with E-state index in [-0.39, 0.29) is 18.1 Å². The van der Waals surface area contributed by atoms with Gasteiger partial charge in [0.2, 0.25) is 0 Å². The molecule has 1 saturated carbocycles. The molecule has 0 saturated heterocycles. The monoisotopic (exact) mass is 215 g/mol. The number of nitrogens with two attached hydrogens (primary N) is 1. The van der Waals surface area contributed by atoms with Crippen LogP contribution in [0.3, 0.4) is 0 Å². The number of hydrogen-bond donors (Lipinski definition) is 3. The molecular formula is C9H17N3OS. The second-order valence-corrected chi connectivity index (χ2v) is 4.46. The fourth-order valence-electron chi connectivity index (χ4n) is 1.30. The maximum absolute atomic E-state index is 11.4. The Labute approximate surface area is 89.6 Å². The molecule has 1 rings (SSSR count). The van der Waals surface area contributed by atoms with E-state index in [0.29, 0.717) is 10.9 Å². The average molecular weight is 215 g/mol. The Balaban J connectivity index is 2.39. The topological polar surface area (TPSA) is 67.2 Å². The molecule has 1 atom stereocenters. The molecule has 1 aliphatic carbocycles. The smallest absolute Gasteiger partial charge is 0.315 e. The normalized spacial score (nSPS) is 17.6. The standard InChI is InChI=1S/C9H17N3OS/c1-5(2)11-9(13)12-7(8(10)14)6-3-4-6/h5-7H,3-4H2,1-2H3,(H2,10,14)(H2,11,12,13). The minimum absolute atomic E-state index is 0.126. The molecule has 1 aliphatic rings. The Morgan fingerprint density at radius 2 is 2.00 bits per heavy atom. The molecule has 4 N–H and O–H groups in total. The zero-order chi connectivity index (χ0) is 10.7. The van der Waals surface area contributed by atoms with Gasteiger partial charge in [0.15, 0.2) is 0 Å².